The lowest BCUT2D eigenvalue weighted by molar-refractivity contribution is -0.112. The number of fused-ring (bicyclic) bond motifs is 1. The standard InChI is InChI=1S/C21H20N2O2/c1-3-18-15(10-13(2)24)12-23-21(14-4-7-17(25)8-5-14)19-9-6-16(22)11-20(18)19/h3-11,25H,12,22H2,1-2H3/b15-10-,18-3?. The second kappa shape index (κ2) is 6.77. The van der Waals surface area contributed by atoms with Crippen LogP contribution in [0.25, 0.3) is 5.57 Å². The van der Waals surface area contributed by atoms with Crippen LogP contribution < -0.4 is 5.73 Å². The van der Waals surface area contributed by atoms with Crippen molar-refractivity contribution in [2.24, 2.45) is 4.99 Å². The zero-order valence-electron chi connectivity index (χ0n) is 14.3. The summed E-state index contributed by atoms with van der Waals surface area (Å²) in [6.45, 7) is 3.89. The number of carbonyl (C=O) groups is 1. The average molecular weight is 332 g/mol. The summed E-state index contributed by atoms with van der Waals surface area (Å²) in [4.78, 5) is 16.4. The zero-order valence-corrected chi connectivity index (χ0v) is 14.3. The number of hydrogen-bond donors (Lipinski definition) is 2. The first-order valence-electron chi connectivity index (χ1n) is 8.11. The number of aromatic hydroxyl groups is 1. The summed E-state index contributed by atoms with van der Waals surface area (Å²) in [6.07, 6.45) is 3.62. The molecule has 1 aliphatic rings. The van der Waals surface area contributed by atoms with Gasteiger partial charge in [-0.3, -0.25) is 9.79 Å². The highest BCUT2D eigenvalue weighted by Crippen LogP contribution is 2.33. The number of aliphatic imine (C=N–C) groups is 1. The van der Waals surface area contributed by atoms with Gasteiger partial charge in [-0.2, -0.15) is 0 Å². The predicted molar refractivity (Wildman–Crippen MR) is 102 cm³/mol. The second-order valence-corrected chi connectivity index (χ2v) is 6.00. The van der Waals surface area contributed by atoms with E-state index in [2.05, 4.69) is 0 Å². The molecule has 0 aromatic heterocycles. The topological polar surface area (TPSA) is 75.7 Å². The molecule has 0 unspecified atom stereocenters. The minimum atomic E-state index is -0.0110. The Balaban J connectivity index is 2.26. The molecule has 126 valence electrons. The maximum absolute atomic E-state index is 11.6. The van der Waals surface area contributed by atoms with Crippen LogP contribution in [0.4, 0.5) is 5.69 Å². The maximum atomic E-state index is 11.6. The summed E-state index contributed by atoms with van der Waals surface area (Å²) in [6, 6.07) is 12.7. The molecule has 1 heterocycles. The number of phenolic OH excluding ortho intramolecular Hbond substituents is 1. The molecule has 3 N–H and O–H groups in total. The first kappa shape index (κ1) is 16.7. The van der Waals surface area contributed by atoms with Crippen molar-refractivity contribution in [3.63, 3.8) is 0 Å². The lowest BCUT2D eigenvalue weighted by Crippen LogP contribution is -2.06. The van der Waals surface area contributed by atoms with Crippen LogP contribution in [0.1, 0.15) is 30.5 Å². The molecule has 25 heavy (non-hydrogen) atoms. The Hall–Kier alpha value is -3.14. The molecule has 0 atom stereocenters. The minimum Gasteiger partial charge on any atom is -0.508 e. The van der Waals surface area contributed by atoms with Crippen LogP contribution in [0, 0.1) is 0 Å². The molecule has 1 aliphatic heterocycles. The van der Waals surface area contributed by atoms with Crippen molar-refractivity contribution < 1.29 is 9.90 Å². The highest BCUT2D eigenvalue weighted by atomic mass is 16.3. The van der Waals surface area contributed by atoms with Crippen molar-refractivity contribution in [1.29, 1.82) is 0 Å². The number of anilines is 1. The van der Waals surface area contributed by atoms with E-state index in [1.165, 1.54) is 6.92 Å². The maximum Gasteiger partial charge on any atom is 0.152 e. The minimum absolute atomic E-state index is 0.0110. The van der Waals surface area contributed by atoms with Crippen molar-refractivity contribution >= 4 is 22.8 Å². The van der Waals surface area contributed by atoms with E-state index < -0.39 is 0 Å². The Labute approximate surface area is 147 Å². The molecule has 0 spiro atoms. The lowest BCUT2D eigenvalue weighted by Gasteiger charge is -2.13. The quantitative estimate of drug-likeness (QED) is 0.650. The van der Waals surface area contributed by atoms with Gasteiger partial charge in [-0.05, 0) is 73.0 Å². The van der Waals surface area contributed by atoms with Gasteiger partial charge in [0.2, 0.25) is 0 Å². The van der Waals surface area contributed by atoms with Gasteiger partial charge in [0.15, 0.2) is 5.78 Å². The van der Waals surface area contributed by atoms with Crippen LogP contribution in [0.5, 0.6) is 5.75 Å². The third-order valence-electron chi connectivity index (χ3n) is 4.15. The second-order valence-electron chi connectivity index (χ2n) is 6.00. The number of rotatable bonds is 2. The number of phenols is 1. The number of carbonyl (C=O) groups excluding carboxylic acids is 1. The van der Waals surface area contributed by atoms with Gasteiger partial charge in [-0.15, -0.1) is 0 Å². The smallest absolute Gasteiger partial charge is 0.152 e. The molecule has 0 saturated heterocycles. The first-order chi connectivity index (χ1) is 12.0. The highest BCUT2D eigenvalue weighted by molar-refractivity contribution is 6.17. The molecule has 0 aliphatic carbocycles. The fourth-order valence-corrected chi connectivity index (χ4v) is 3.07. The highest BCUT2D eigenvalue weighted by Gasteiger charge is 2.21. The number of nitrogens with zero attached hydrogens (tertiary/aromatic N) is 1. The third kappa shape index (κ3) is 3.38. The molecular formula is C21H20N2O2. The van der Waals surface area contributed by atoms with Crippen molar-refractivity contribution in [2.75, 3.05) is 12.3 Å². The normalized spacial score (nSPS) is 17.1. The van der Waals surface area contributed by atoms with Crippen LogP contribution in [-0.2, 0) is 4.79 Å². The van der Waals surface area contributed by atoms with Gasteiger partial charge in [0.1, 0.15) is 5.75 Å². The van der Waals surface area contributed by atoms with Gasteiger partial charge < -0.3 is 10.8 Å². The molecule has 2 aromatic rings. The molecule has 0 amide bonds. The van der Waals surface area contributed by atoms with Gasteiger partial charge in [-0.25, -0.2) is 0 Å². The summed E-state index contributed by atoms with van der Waals surface area (Å²) in [5, 5.41) is 9.55. The Morgan fingerprint density at radius 1 is 1.16 bits per heavy atom. The van der Waals surface area contributed by atoms with Crippen LogP contribution in [0.2, 0.25) is 0 Å². The number of hydrogen-bond acceptors (Lipinski definition) is 4. The summed E-state index contributed by atoms with van der Waals surface area (Å²) >= 11 is 0. The van der Waals surface area contributed by atoms with E-state index in [1.54, 1.807) is 18.2 Å². The molecular weight excluding hydrogens is 312 g/mol. The van der Waals surface area contributed by atoms with Crippen molar-refractivity contribution in [2.45, 2.75) is 13.8 Å². The van der Waals surface area contributed by atoms with E-state index in [9.17, 15) is 9.90 Å². The van der Waals surface area contributed by atoms with Gasteiger partial charge in [0, 0.05) is 16.8 Å². The fraction of sp³-hybridized carbons (Fsp3) is 0.143. The zero-order chi connectivity index (χ0) is 18.0. The van der Waals surface area contributed by atoms with Crippen LogP contribution in [0.3, 0.4) is 0 Å². The van der Waals surface area contributed by atoms with E-state index in [1.807, 2.05) is 43.3 Å². The monoisotopic (exact) mass is 332 g/mol. The Kier molecular flexibility index (Phi) is 4.52. The molecule has 4 heteroatoms. The van der Waals surface area contributed by atoms with E-state index in [-0.39, 0.29) is 11.5 Å². The number of ketones is 1. The Morgan fingerprint density at radius 2 is 1.88 bits per heavy atom. The van der Waals surface area contributed by atoms with E-state index in [0.29, 0.717) is 12.2 Å². The Bertz CT molecular complexity index is 919. The Morgan fingerprint density at radius 3 is 2.52 bits per heavy atom. The number of allylic oxidation sites excluding steroid dienone is 2. The summed E-state index contributed by atoms with van der Waals surface area (Å²) in [7, 11) is 0. The summed E-state index contributed by atoms with van der Waals surface area (Å²) < 4.78 is 0. The van der Waals surface area contributed by atoms with Gasteiger partial charge >= 0.3 is 0 Å². The first-order valence-corrected chi connectivity index (χ1v) is 8.11. The van der Waals surface area contributed by atoms with E-state index in [4.69, 9.17) is 10.7 Å². The van der Waals surface area contributed by atoms with Crippen LogP contribution >= 0.6 is 0 Å². The fourth-order valence-electron chi connectivity index (χ4n) is 3.07. The lowest BCUT2D eigenvalue weighted by atomic mass is 9.90. The third-order valence-corrected chi connectivity index (χ3v) is 4.15. The predicted octanol–water partition coefficient (Wildman–Crippen LogP) is 3.74. The number of benzene rings is 2. The summed E-state index contributed by atoms with van der Waals surface area (Å²) in [5.41, 5.74) is 12.2. The summed E-state index contributed by atoms with van der Waals surface area (Å²) in [5.74, 6) is 0.199. The molecule has 0 bridgehead atoms. The SMILES string of the molecule is CC=C1/C(=C\C(C)=O)CN=C(c2ccc(O)cc2)c2ccc(N)cc21. The van der Waals surface area contributed by atoms with E-state index >= 15 is 0 Å². The van der Waals surface area contributed by atoms with Crippen LogP contribution in [0.15, 0.2) is 65.2 Å². The molecule has 4 nitrogen and oxygen atoms in total. The van der Waals surface area contributed by atoms with Crippen molar-refractivity contribution in [1.82, 2.24) is 0 Å². The molecule has 3 rings (SSSR count). The van der Waals surface area contributed by atoms with Gasteiger partial charge in [0.25, 0.3) is 0 Å². The number of nitrogen functional groups attached to an aromatic ring is 1. The van der Waals surface area contributed by atoms with E-state index in [0.717, 1.165) is 33.5 Å². The van der Waals surface area contributed by atoms with Gasteiger partial charge in [0.05, 0.1) is 12.3 Å². The molecule has 2 aromatic carbocycles. The van der Waals surface area contributed by atoms with Crippen molar-refractivity contribution in [3.8, 4) is 5.75 Å². The number of nitrogens with two attached hydrogens (primary N) is 1. The average Bonchev–Trinajstić information content (AvgIpc) is 2.71. The van der Waals surface area contributed by atoms with Crippen LogP contribution in [-0.4, -0.2) is 23.1 Å². The van der Waals surface area contributed by atoms with Crippen molar-refractivity contribution in [3.05, 3.63) is 76.9 Å². The molecule has 0 fully saturated rings. The largest absolute Gasteiger partial charge is 0.508 e. The molecule has 0 radical (unpaired) electrons. The molecule has 0 saturated carbocycles. The van der Waals surface area contributed by atoms with Gasteiger partial charge in [-0.1, -0.05) is 12.1 Å².